The van der Waals surface area contributed by atoms with Gasteiger partial charge in [0, 0.05) is 17.1 Å². The van der Waals surface area contributed by atoms with Crippen LogP contribution in [0.4, 0.5) is 0 Å². The molecule has 0 saturated carbocycles. The van der Waals surface area contributed by atoms with Gasteiger partial charge in [0.25, 0.3) is 0 Å². The fraction of sp³-hybridized carbons (Fsp3) is 0.438. The highest BCUT2D eigenvalue weighted by atomic mass is 127. The van der Waals surface area contributed by atoms with Gasteiger partial charge in [-0.15, -0.1) is 35.3 Å². The van der Waals surface area contributed by atoms with Gasteiger partial charge in [0.2, 0.25) is 0 Å². The van der Waals surface area contributed by atoms with E-state index in [4.69, 9.17) is 0 Å². The molecule has 0 fully saturated rings. The molecule has 0 radical (unpaired) electrons. The van der Waals surface area contributed by atoms with Gasteiger partial charge in [0.15, 0.2) is 5.96 Å². The molecule has 0 aliphatic heterocycles. The van der Waals surface area contributed by atoms with Gasteiger partial charge in [-0.3, -0.25) is 4.98 Å². The summed E-state index contributed by atoms with van der Waals surface area (Å²) >= 11 is 1.72. The molecular formula is C16H24IN5S. The number of nitrogens with one attached hydrogen (secondary N) is 2. The third kappa shape index (κ3) is 6.42. The van der Waals surface area contributed by atoms with Gasteiger partial charge in [0.05, 0.1) is 24.5 Å². The van der Waals surface area contributed by atoms with Crippen molar-refractivity contribution in [2.24, 2.45) is 4.99 Å². The fourth-order valence-electron chi connectivity index (χ4n) is 1.96. The summed E-state index contributed by atoms with van der Waals surface area (Å²) in [5.41, 5.74) is 3.09. The molecular weight excluding hydrogens is 421 g/mol. The van der Waals surface area contributed by atoms with Gasteiger partial charge < -0.3 is 10.6 Å². The number of halogens is 1. The number of hydrogen-bond acceptors (Lipinski definition) is 4. The quantitative estimate of drug-likeness (QED) is 0.421. The number of aliphatic imine (C=N–C) groups is 1. The van der Waals surface area contributed by atoms with Crippen molar-refractivity contribution in [3.8, 4) is 0 Å². The van der Waals surface area contributed by atoms with Crippen LogP contribution in [0.3, 0.4) is 0 Å². The van der Waals surface area contributed by atoms with E-state index in [1.807, 2.05) is 32.0 Å². The van der Waals surface area contributed by atoms with Crippen LogP contribution in [0, 0.1) is 20.8 Å². The summed E-state index contributed by atoms with van der Waals surface area (Å²) in [6, 6.07) is 5.99. The Morgan fingerprint density at radius 2 is 1.96 bits per heavy atom. The molecule has 7 heteroatoms. The van der Waals surface area contributed by atoms with Gasteiger partial charge in [-0.1, -0.05) is 6.07 Å². The molecule has 5 nitrogen and oxygen atoms in total. The molecule has 0 aromatic carbocycles. The molecule has 2 aromatic heterocycles. The van der Waals surface area contributed by atoms with Crippen LogP contribution < -0.4 is 10.6 Å². The smallest absolute Gasteiger partial charge is 0.191 e. The standard InChI is InChI=1S/C16H23N5S.HI/c1-5-17-16(18-9-14-8-6-7-11(2)20-14)19-10-15-21-12(3)13(4)22-15;/h6-8H,5,9-10H2,1-4H3,(H2,17,18,19);1H. The summed E-state index contributed by atoms with van der Waals surface area (Å²) in [6.07, 6.45) is 0. The molecule has 0 aliphatic rings. The average Bonchev–Trinajstić information content (AvgIpc) is 2.81. The van der Waals surface area contributed by atoms with Crippen molar-refractivity contribution in [1.29, 1.82) is 0 Å². The summed E-state index contributed by atoms with van der Waals surface area (Å²) in [5.74, 6) is 0.788. The maximum Gasteiger partial charge on any atom is 0.191 e. The van der Waals surface area contributed by atoms with Crippen LogP contribution in [-0.4, -0.2) is 22.5 Å². The van der Waals surface area contributed by atoms with E-state index in [0.29, 0.717) is 13.1 Å². The zero-order valence-electron chi connectivity index (χ0n) is 14.0. The second-order valence-electron chi connectivity index (χ2n) is 5.07. The molecule has 0 bridgehead atoms. The predicted molar refractivity (Wildman–Crippen MR) is 108 cm³/mol. The van der Waals surface area contributed by atoms with E-state index in [0.717, 1.165) is 34.6 Å². The summed E-state index contributed by atoms with van der Waals surface area (Å²) < 4.78 is 0. The largest absolute Gasteiger partial charge is 0.357 e. The van der Waals surface area contributed by atoms with Crippen molar-refractivity contribution in [2.45, 2.75) is 40.8 Å². The van der Waals surface area contributed by atoms with E-state index in [1.54, 1.807) is 11.3 Å². The van der Waals surface area contributed by atoms with Gasteiger partial charge >= 0.3 is 0 Å². The highest BCUT2D eigenvalue weighted by Gasteiger charge is 2.05. The molecule has 0 atom stereocenters. The molecule has 2 N–H and O–H groups in total. The Labute approximate surface area is 159 Å². The lowest BCUT2D eigenvalue weighted by atomic mass is 10.3. The van der Waals surface area contributed by atoms with Crippen molar-refractivity contribution in [1.82, 2.24) is 20.6 Å². The van der Waals surface area contributed by atoms with Crippen LogP contribution >= 0.6 is 35.3 Å². The first kappa shape index (κ1) is 19.8. The van der Waals surface area contributed by atoms with Crippen LogP contribution in [0.25, 0.3) is 0 Å². The van der Waals surface area contributed by atoms with Crippen LogP contribution in [0.5, 0.6) is 0 Å². The Morgan fingerprint density at radius 1 is 1.17 bits per heavy atom. The first-order chi connectivity index (χ1) is 10.6. The minimum Gasteiger partial charge on any atom is -0.357 e. The summed E-state index contributed by atoms with van der Waals surface area (Å²) in [7, 11) is 0. The second kappa shape index (κ2) is 9.82. The highest BCUT2D eigenvalue weighted by molar-refractivity contribution is 14.0. The highest BCUT2D eigenvalue weighted by Crippen LogP contribution is 2.15. The maximum absolute atomic E-state index is 4.58. The lowest BCUT2D eigenvalue weighted by molar-refractivity contribution is 0.805. The molecule has 2 rings (SSSR count). The summed E-state index contributed by atoms with van der Waals surface area (Å²) in [6.45, 7) is 10.3. The molecule has 126 valence electrons. The van der Waals surface area contributed by atoms with Gasteiger partial charge in [-0.2, -0.15) is 0 Å². The third-order valence-corrected chi connectivity index (χ3v) is 4.24. The Bertz CT molecular complexity index is 634. The monoisotopic (exact) mass is 445 g/mol. The minimum absolute atomic E-state index is 0. The van der Waals surface area contributed by atoms with E-state index in [1.165, 1.54) is 4.88 Å². The van der Waals surface area contributed by atoms with Gasteiger partial charge in [-0.05, 0) is 39.8 Å². The van der Waals surface area contributed by atoms with E-state index >= 15 is 0 Å². The number of rotatable bonds is 5. The molecule has 2 aromatic rings. The number of nitrogens with zero attached hydrogens (tertiary/aromatic N) is 3. The van der Waals surface area contributed by atoms with Gasteiger partial charge in [0.1, 0.15) is 5.01 Å². The van der Waals surface area contributed by atoms with E-state index in [-0.39, 0.29) is 24.0 Å². The zero-order valence-corrected chi connectivity index (χ0v) is 17.2. The summed E-state index contributed by atoms with van der Waals surface area (Å²) in [5, 5.41) is 7.65. The third-order valence-electron chi connectivity index (χ3n) is 3.17. The number of thiazole rings is 1. The molecule has 23 heavy (non-hydrogen) atoms. The maximum atomic E-state index is 4.58. The molecule has 0 amide bonds. The first-order valence-electron chi connectivity index (χ1n) is 7.46. The van der Waals surface area contributed by atoms with Gasteiger partial charge in [-0.25, -0.2) is 9.98 Å². The van der Waals surface area contributed by atoms with E-state index < -0.39 is 0 Å². The van der Waals surface area contributed by atoms with Crippen molar-refractivity contribution >= 4 is 41.3 Å². The van der Waals surface area contributed by atoms with Crippen LogP contribution in [0.15, 0.2) is 23.2 Å². The van der Waals surface area contributed by atoms with Crippen molar-refractivity contribution < 1.29 is 0 Å². The molecule has 0 aliphatic carbocycles. The number of pyridine rings is 1. The Balaban J connectivity index is 0.00000264. The number of hydrogen-bond donors (Lipinski definition) is 2. The number of aromatic nitrogens is 2. The van der Waals surface area contributed by atoms with Crippen molar-refractivity contribution in [3.05, 3.63) is 45.2 Å². The lowest BCUT2D eigenvalue weighted by Crippen LogP contribution is -2.36. The van der Waals surface area contributed by atoms with Crippen LogP contribution in [-0.2, 0) is 13.1 Å². The molecule has 2 heterocycles. The summed E-state index contributed by atoms with van der Waals surface area (Å²) in [4.78, 5) is 14.8. The molecule has 0 unspecified atom stereocenters. The Morgan fingerprint density at radius 3 is 2.57 bits per heavy atom. The predicted octanol–water partition coefficient (Wildman–Crippen LogP) is 3.34. The molecule has 0 saturated heterocycles. The Kier molecular flexibility index (Phi) is 8.46. The number of aryl methyl sites for hydroxylation is 3. The van der Waals surface area contributed by atoms with Crippen molar-refractivity contribution in [3.63, 3.8) is 0 Å². The number of guanidine groups is 1. The van der Waals surface area contributed by atoms with E-state index in [2.05, 4.69) is 39.4 Å². The fourth-order valence-corrected chi connectivity index (χ4v) is 2.84. The average molecular weight is 445 g/mol. The Hall–Kier alpha value is -1.22. The minimum atomic E-state index is 0. The topological polar surface area (TPSA) is 62.2 Å². The SMILES string of the molecule is CCNC(=NCc1cccc(C)n1)NCc1nc(C)c(C)s1.I. The van der Waals surface area contributed by atoms with E-state index in [9.17, 15) is 0 Å². The van der Waals surface area contributed by atoms with Crippen molar-refractivity contribution in [2.75, 3.05) is 6.54 Å². The first-order valence-corrected chi connectivity index (χ1v) is 8.27. The second-order valence-corrected chi connectivity index (χ2v) is 6.36. The zero-order chi connectivity index (χ0) is 15.9. The van der Waals surface area contributed by atoms with Crippen LogP contribution in [0.1, 0.15) is 33.9 Å². The van der Waals surface area contributed by atoms with Crippen LogP contribution in [0.2, 0.25) is 0 Å². The lowest BCUT2D eigenvalue weighted by Gasteiger charge is -2.10. The molecule has 0 spiro atoms. The normalized spacial score (nSPS) is 11.0.